The summed E-state index contributed by atoms with van der Waals surface area (Å²) in [5, 5.41) is 54.7. The third kappa shape index (κ3) is 24.0. The van der Waals surface area contributed by atoms with Crippen LogP contribution in [0.5, 0.6) is 0 Å². The molecule has 1 aliphatic rings. The van der Waals surface area contributed by atoms with Crippen molar-refractivity contribution in [2.75, 3.05) is 13.2 Å². The molecule has 13 nitrogen and oxygen atoms in total. The Labute approximate surface area is 325 Å². The maximum Gasteiger partial charge on any atom is 0.397 e. The number of aliphatic hydroxyl groups excluding tert-OH is 5. The van der Waals surface area contributed by atoms with Crippen LogP contribution in [0, 0.1) is 0 Å². The van der Waals surface area contributed by atoms with Gasteiger partial charge in [0.1, 0.15) is 30.5 Å². The Morgan fingerprint density at radius 2 is 1.26 bits per heavy atom. The first-order chi connectivity index (χ1) is 25.9. The van der Waals surface area contributed by atoms with Gasteiger partial charge < -0.3 is 40.3 Å². The summed E-state index contributed by atoms with van der Waals surface area (Å²) in [5.41, 5.74) is 0. The fourth-order valence-electron chi connectivity index (χ4n) is 6.21. The lowest BCUT2D eigenvalue weighted by atomic mass is 9.99. The Bertz CT molecular complexity index is 1130. The van der Waals surface area contributed by atoms with E-state index in [9.17, 15) is 38.7 Å². The summed E-state index contributed by atoms with van der Waals surface area (Å²) in [4.78, 5) is 13.0. The van der Waals surface area contributed by atoms with Crippen molar-refractivity contribution in [3.05, 3.63) is 36.5 Å². The molecule has 14 heteroatoms. The minimum Gasteiger partial charge on any atom is -0.394 e. The number of allylic oxidation sites excluding steroid dienone is 5. The number of unbranched alkanes of at least 4 members (excludes halogenated alkanes) is 17. The molecule has 1 amide bonds. The van der Waals surface area contributed by atoms with Crippen LogP contribution in [-0.2, 0) is 28.9 Å². The molecule has 1 fully saturated rings. The van der Waals surface area contributed by atoms with Crippen molar-refractivity contribution in [2.24, 2.45) is 0 Å². The molecule has 0 aromatic heterocycles. The molecule has 8 unspecified atom stereocenters. The van der Waals surface area contributed by atoms with Gasteiger partial charge in [-0.15, -0.1) is 0 Å². The number of rotatable bonds is 33. The molecule has 0 saturated carbocycles. The first-order valence-corrected chi connectivity index (χ1v) is 21.9. The van der Waals surface area contributed by atoms with E-state index in [1.54, 1.807) is 6.08 Å². The van der Waals surface area contributed by atoms with Crippen LogP contribution < -0.4 is 5.32 Å². The van der Waals surface area contributed by atoms with Crippen molar-refractivity contribution < 1.29 is 57.0 Å². The van der Waals surface area contributed by atoms with Crippen LogP contribution in [-0.4, -0.2) is 107 Å². The van der Waals surface area contributed by atoms with E-state index >= 15 is 0 Å². The van der Waals surface area contributed by atoms with Gasteiger partial charge in [-0.05, 0) is 44.9 Å². The molecule has 0 bridgehead atoms. The third-order valence-electron chi connectivity index (χ3n) is 9.55. The molecule has 1 saturated heterocycles. The van der Waals surface area contributed by atoms with Gasteiger partial charge in [0.05, 0.1) is 25.4 Å². The number of hydrogen-bond acceptors (Lipinski definition) is 11. The molecule has 0 aromatic rings. The molecule has 0 aromatic carbocycles. The van der Waals surface area contributed by atoms with Crippen molar-refractivity contribution in [2.45, 2.75) is 198 Å². The average Bonchev–Trinajstić information content (AvgIpc) is 3.14. The monoisotopic (exact) mass is 791 g/mol. The lowest BCUT2D eigenvalue weighted by Crippen LogP contribution is -2.61. The number of amides is 1. The molecular weight excluding hydrogens is 719 g/mol. The van der Waals surface area contributed by atoms with Crippen molar-refractivity contribution >= 4 is 16.3 Å². The highest BCUT2D eigenvalue weighted by Gasteiger charge is 2.48. The molecular formula is C40H73NO12S. The van der Waals surface area contributed by atoms with Crippen LogP contribution in [0.1, 0.15) is 149 Å². The summed E-state index contributed by atoms with van der Waals surface area (Å²) in [7, 11) is -5.11. The van der Waals surface area contributed by atoms with Crippen molar-refractivity contribution in [3.8, 4) is 0 Å². The molecule has 54 heavy (non-hydrogen) atoms. The second-order valence-electron chi connectivity index (χ2n) is 14.4. The van der Waals surface area contributed by atoms with Crippen molar-refractivity contribution in [1.29, 1.82) is 0 Å². The molecule has 7 N–H and O–H groups in total. The molecule has 1 heterocycles. The van der Waals surface area contributed by atoms with Gasteiger partial charge in [-0.2, -0.15) is 8.42 Å². The van der Waals surface area contributed by atoms with Gasteiger partial charge in [-0.3, -0.25) is 9.35 Å². The number of hydrogen-bond donors (Lipinski definition) is 7. The predicted octanol–water partition coefficient (Wildman–Crippen LogP) is 5.74. The normalized spacial score (nSPS) is 22.7. The number of nitrogens with one attached hydrogen (secondary N) is 1. The summed E-state index contributed by atoms with van der Waals surface area (Å²) >= 11 is 0. The van der Waals surface area contributed by atoms with Gasteiger partial charge in [0.2, 0.25) is 5.91 Å². The van der Waals surface area contributed by atoms with E-state index in [4.69, 9.17) is 14.0 Å². The molecule has 316 valence electrons. The highest BCUT2D eigenvalue weighted by molar-refractivity contribution is 7.80. The average molecular weight is 792 g/mol. The summed E-state index contributed by atoms with van der Waals surface area (Å²) in [5.74, 6) is -0.713. The zero-order valence-corrected chi connectivity index (χ0v) is 33.7. The summed E-state index contributed by atoms with van der Waals surface area (Å²) in [6.45, 7) is 3.08. The van der Waals surface area contributed by atoms with Crippen molar-refractivity contribution in [1.82, 2.24) is 5.32 Å². The summed E-state index contributed by atoms with van der Waals surface area (Å²) < 4.78 is 47.2. The molecule has 8 atom stereocenters. The number of aliphatic hydroxyl groups is 5. The first-order valence-electron chi connectivity index (χ1n) is 20.5. The van der Waals surface area contributed by atoms with Crippen LogP contribution in [0.2, 0.25) is 0 Å². The standard InChI is InChI=1S/C40H73NO12S/c1-3-5-7-9-11-12-13-14-15-16-17-18-19-20-21-23-25-27-29-34(44)39(47)41-32(33(43)28-26-24-22-10-8-6-4-2)31-51-40-37(46)38(53-54(48,49)50)36(45)35(30-42)52-40/h11-14,26,28,32-38,40,42-46H,3-10,15-25,27,29-31H2,1-2H3,(H,41,47)(H,48,49,50)/b12-11-,14-13-,28-26+. The highest BCUT2D eigenvalue weighted by Crippen LogP contribution is 2.26. The van der Waals surface area contributed by atoms with E-state index in [1.807, 2.05) is 0 Å². The highest BCUT2D eigenvalue weighted by atomic mass is 32.3. The fraction of sp³-hybridized carbons (Fsp3) is 0.825. The Hall–Kier alpha value is -1.72. The van der Waals surface area contributed by atoms with Gasteiger partial charge in [0.25, 0.3) is 0 Å². The quantitative estimate of drug-likeness (QED) is 0.0184. The number of ether oxygens (including phenoxy) is 2. The Morgan fingerprint density at radius 3 is 1.81 bits per heavy atom. The van der Waals surface area contributed by atoms with E-state index in [0.717, 1.165) is 70.6 Å². The zero-order valence-electron chi connectivity index (χ0n) is 32.9. The van der Waals surface area contributed by atoms with Gasteiger partial charge in [-0.25, -0.2) is 4.18 Å². The number of carbonyl (C=O) groups is 1. The van der Waals surface area contributed by atoms with E-state index in [0.29, 0.717) is 12.8 Å². The summed E-state index contributed by atoms with van der Waals surface area (Å²) in [6, 6.07) is -1.12. The van der Waals surface area contributed by atoms with E-state index in [2.05, 4.69) is 47.7 Å². The fourth-order valence-corrected chi connectivity index (χ4v) is 6.72. The summed E-state index contributed by atoms with van der Waals surface area (Å²) in [6.07, 6.45) is 22.7. The third-order valence-corrected chi connectivity index (χ3v) is 10.0. The molecule has 1 rings (SSSR count). The van der Waals surface area contributed by atoms with Crippen LogP contribution >= 0.6 is 0 Å². The predicted molar refractivity (Wildman–Crippen MR) is 210 cm³/mol. The largest absolute Gasteiger partial charge is 0.397 e. The van der Waals surface area contributed by atoms with Crippen LogP contribution in [0.25, 0.3) is 0 Å². The van der Waals surface area contributed by atoms with Crippen LogP contribution in [0.15, 0.2) is 36.5 Å². The first kappa shape index (κ1) is 50.3. The van der Waals surface area contributed by atoms with Crippen LogP contribution in [0.4, 0.5) is 0 Å². The van der Waals surface area contributed by atoms with Crippen molar-refractivity contribution in [3.63, 3.8) is 0 Å². The van der Waals surface area contributed by atoms with Gasteiger partial charge in [0, 0.05) is 0 Å². The molecule has 0 spiro atoms. The molecule has 0 aliphatic carbocycles. The van der Waals surface area contributed by atoms with E-state index in [-0.39, 0.29) is 6.42 Å². The minimum atomic E-state index is -5.11. The molecule has 1 aliphatic heterocycles. The second kappa shape index (κ2) is 31.4. The Balaban J connectivity index is 2.54. The SMILES string of the molecule is CCCCC/C=C\C=C/CCCCCCCCCCCC(O)C(=O)NC(COC1OC(CO)C(O)C(OS(=O)(=O)O)C1O)C(O)/C=C/CCCCCCC. The maximum atomic E-state index is 13.0. The zero-order chi connectivity index (χ0) is 40.0. The molecule has 0 radical (unpaired) electrons. The topological polar surface area (TPSA) is 212 Å². The van der Waals surface area contributed by atoms with Gasteiger partial charge in [-0.1, -0.05) is 140 Å². The Morgan fingerprint density at radius 1 is 0.759 bits per heavy atom. The van der Waals surface area contributed by atoms with Crippen LogP contribution in [0.3, 0.4) is 0 Å². The van der Waals surface area contributed by atoms with Gasteiger partial charge in [0.15, 0.2) is 6.29 Å². The smallest absolute Gasteiger partial charge is 0.394 e. The Kier molecular flexibility index (Phi) is 29.2. The lowest BCUT2D eigenvalue weighted by Gasteiger charge is -2.41. The second-order valence-corrected chi connectivity index (χ2v) is 15.4. The number of carbonyl (C=O) groups excluding carboxylic acids is 1. The van der Waals surface area contributed by atoms with E-state index in [1.165, 1.54) is 51.0 Å². The maximum absolute atomic E-state index is 13.0. The van der Waals surface area contributed by atoms with E-state index < -0.39 is 78.5 Å². The lowest BCUT2D eigenvalue weighted by molar-refractivity contribution is -0.298. The minimum absolute atomic E-state index is 0.236. The van der Waals surface area contributed by atoms with Gasteiger partial charge >= 0.3 is 10.4 Å².